The number of aliphatic imine (C=N–C) groups is 1. The molecule has 0 spiro atoms. The number of aryl methyl sites for hydroxylation is 1. The van der Waals surface area contributed by atoms with Crippen LogP contribution in [-0.2, 0) is 11.3 Å². The lowest BCUT2D eigenvalue weighted by atomic mass is 9.90. The van der Waals surface area contributed by atoms with Crippen LogP contribution in [0.4, 0.5) is 4.39 Å². The normalized spacial score (nSPS) is 11.3. The molecule has 0 radical (unpaired) electrons. The number of rotatable bonds is 10. The predicted octanol–water partition coefficient (Wildman–Crippen LogP) is 14.6. The Labute approximate surface area is 303 Å². The van der Waals surface area contributed by atoms with E-state index in [1.54, 1.807) is 19.2 Å². The molecule has 0 N–H and O–H groups in total. The van der Waals surface area contributed by atoms with Gasteiger partial charge in [0.2, 0.25) is 11.8 Å². The van der Waals surface area contributed by atoms with Crippen molar-refractivity contribution >= 4 is 6.72 Å². The van der Waals surface area contributed by atoms with Crippen molar-refractivity contribution in [2.24, 2.45) is 10.9 Å². The van der Waals surface area contributed by atoms with Gasteiger partial charge in [0.05, 0.1) is 6.61 Å². The molecular formula is C44H73FN2O2. The topological polar surface area (TPSA) is 43.7 Å². The number of hydrogen-bond donors (Lipinski definition) is 0. The van der Waals surface area contributed by atoms with Crippen molar-refractivity contribution in [3.8, 4) is 5.88 Å². The molecule has 278 valence electrons. The number of hydrogen-bond acceptors (Lipinski definition) is 4. The van der Waals surface area contributed by atoms with Crippen molar-refractivity contribution in [2.45, 2.75) is 122 Å². The van der Waals surface area contributed by atoms with Crippen LogP contribution < -0.4 is 4.74 Å². The highest BCUT2D eigenvalue weighted by Gasteiger charge is 2.14. The van der Waals surface area contributed by atoms with Gasteiger partial charge in [-0.1, -0.05) is 155 Å². The third-order valence-electron chi connectivity index (χ3n) is 5.66. The lowest BCUT2D eigenvalue weighted by Gasteiger charge is -2.21. The molecule has 1 aliphatic rings. The fourth-order valence-corrected chi connectivity index (χ4v) is 3.34. The summed E-state index contributed by atoms with van der Waals surface area (Å²) in [6.07, 6.45) is 14.5. The van der Waals surface area contributed by atoms with Gasteiger partial charge in [-0.2, -0.15) is 0 Å². The Bertz CT molecular complexity index is 1110. The van der Waals surface area contributed by atoms with E-state index in [1.165, 1.54) is 44.3 Å². The molecule has 1 aromatic heterocycles. The number of pyridine rings is 1. The summed E-state index contributed by atoms with van der Waals surface area (Å²) in [5.41, 5.74) is 4.28. The van der Waals surface area contributed by atoms with Crippen LogP contribution in [0.1, 0.15) is 119 Å². The van der Waals surface area contributed by atoms with Gasteiger partial charge in [-0.15, -0.1) is 0 Å². The third-order valence-corrected chi connectivity index (χ3v) is 5.66. The zero-order valence-electron chi connectivity index (χ0n) is 33.6. The second-order valence-corrected chi connectivity index (χ2v) is 9.68. The van der Waals surface area contributed by atoms with Crippen molar-refractivity contribution in [3.63, 3.8) is 0 Å². The molecule has 1 aromatic carbocycles. The summed E-state index contributed by atoms with van der Waals surface area (Å²) in [6, 6.07) is 14.0. The smallest absolute Gasteiger partial charge is 0.213 e. The van der Waals surface area contributed by atoms with Gasteiger partial charge in [0.15, 0.2) is 0 Å². The van der Waals surface area contributed by atoms with Gasteiger partial charge in [-0.05, 0) is 76.4 Å². The largest absolute Gasteiger partial charge is 0.477 e. The maximum Gasteiger partial charge on any atom is 0.213 e. The molecule has 49 heavy (non-hydrogen) atoms. The van der Waals surface area contributed by atoms with Crippen molar-refractivity contribution in [1.82, 2.24) is 4.98 Å². The first-order chi connectivity index (χ1) is 23.6. The number of nitrogens with zero attached hydrogens (tertiary/aromatic N) is 2. The summed E-state index contributed by atoms with van der Waals surface area (Å²) in [4.78, 5) is 7.97. The Morgan fingerprint density at radius 3 is 1.80 bits per heavy atom. The van der Waals surface area contributed by atoms with Gasteiger partial charge >= 0.3 is 0 Å². The average Bonchev–Trinajstić information content (AvgIpc) is 3.17. The molecular weight excluding hydrogens is 607 g/mol. The number of allylic oxidation sites excluding steroid dienone is 7. The highest BCUT2D eigenvalue weighted by atomic mass is 19.1. The van der Waals surface area contributed by atoms with Gasteiger partial charge in [-0.3, -0.25) is 0 Å². The molecule has 3 rings (SSSR count). The minimum atomic E-state index is -0.269. The molecule has 4 nitrogen and oxygen atoms in total. The van der Waals surface area contributed by atoms with Crippen LogP contribution in [0.2, 0.25) is 0 Å². The number of benzene rings is 1. The zero-order chi connectivity index (χ0) is 38.9. The Kier molecular flexibility index (Phi) is 48.9. The fourth-order valence-electron chi connectivity index (χ4n) is 3.34. The van der Waals surface area contributed by atoms with E-state index < -0.39 is 0 Å². The summed E-state index contributed by atoms with van der Waals surface area (Å²) < 4.78 is 22.8. The Morgan fingerprint density at radius 1 is 0.878 bits per heavy atom. The molecule has 1 saturated carbocycles. The first kappa shape index (κ1) is 54.5. The minimum Gasteiger partial charge on any atom is -0.477 e. The molecule has 1 fully saturated rings. The second-order valence-electron chi connectivity index (χ2n) is 9.68. The molecule has 0 amide bonds. The Balaban J connectivity index is -0.000000177. The maximum absolute atomic E-state index is 11.6. The maximum atomic E-state index is 11.6. The van der Waals surface area contributed by atoms with Gasteiger partial charge < -0.3 is 9.47 Å². The molecule has 5 heteroatoms. The summed E-state index contributed by atoms with van der Waals surface area (Å²) >= 11 is 0. The van der Waals surface area contributed by atoms with Crippen LogP contribution in [0.25, 0.3) is 0 Å². The van der Waals surface area contributed by atoms with Gasteiger partial charge in [0.1, 0.15) is 12.4 Å². The summed E-state index contributed by atoms with van der Waals surface area (Å²) in [5.74, 6) is 1.72. The highest BCUT2D eigenvalue weighted by Crippen LogP contribution is 2.24. The van der Waals surface area contributed by atoms with Crippen molar-refractivity contribution in [2.75, 3.05) is 6.61 Å². The quantitative estimate of drug-likeness (QED) is 0.142. The van der Waals surface area contributed by atoms with E-state index >= 15 is 0 Å². The van der Waals surface area contributed by atoms with Gasteiger partial charge in [-0.25, -0.2) is 14.4 Å². The Morgan fingerprint density at radius 2 is 1.41 bits per heavy atom. The molecule has 0 atom stereocenters. The predicted molar refractivity (Wildman–Crippen MR) is 220 cm³/mol. The molecule has 0 aliphatic heterocycles. The highest BCUT2D eigenvalue weighted by molar-refractivity contribution is 5.29. The molecule has 0 bridgehead atoms. The van der Waals surface area contributed by atoms with Crippen molar-refractivity contribution < 1.29 is 13.9 Å². The molecule has 1 aliphatic carbocycles. The van der Waals surface area contributed by atoms with E-state index in [1.807, 2.05) is 125 Å². The van der Waals surface area contributed by atoms with E-state index in [-0.39, 0.29) is 5.83 Å². The van der Waals surface area contributed by atoms with Crippen molar-refractivity contribution in [1.29, 1.82) is 0 Å². The van der Waals surface area contributed by atoms with Gasteiger partial charge in [0.25, 0.3) is 0 Å². The molecule has 1 heterocycles. The second kappa shape index (κ2) is 44.0. The van der Waals surface area contributed by atoms with Crippen molar-refractivity contribution in [3.05, 3.63) is 133 Å². The molecule has 0 unspecified atom stereocenters. The van der Waals surface area contributed by atoms with Crippen LogP contribution in [-0.4, -0.2) is 18.3 Å². The van der Waals surface area contributed by atoms with Crippen LogP contribution >= 0.6 is 0 Å². The average molecular weight is 681 g/mol. The standard InChI is InChI=1S/C13H13NO.C13H21NO.C5H7F.C5H8.4C2H6/c1-11-7-8-14-13(9-11)15-10-12-5-3-2-4-6-12;1-11(2)9-13(14-3)15-10-12-7-5-4-6-8-12;1-3-5(6)4-2;1-4-5(2)3;4*1-2/h2-9H,10H2,1H3;9,12H,1,3-8,10H2,2H3;3-4H,1H2,2H3;4H,1-2H2,3H3;4*1-2H3/b;13-9+;5-4+;;;;;. The van der Waals surface area contributed by atoms with Crippen LogP contribution in [0.5, 0.6) is 5.88 Å². The first-order valence-corrected chi connectivity index (χ1v) is 17.9. The van der Waals surface area contributed by atoms with E-state index in [0.29, 0.717) is 24.3 Å². The van der Waals surface area contributed by atoms with Crippen LogP contribution in [0.15, 0.2) is 127 Å². The number of aromatic nitrogens is 1. The van der Waals surface area contributed by atoms with E-state index in [0.717, 1.165) is 28.9 Å². The fraction of sp³-hybridized carbons (Fsp3) is 0.455. The lowest BCUT2D eigenvalue weighted by Crippen LogP contribution is -2.12. The zero-order valence-corrected chi connectivity index (χ0v) is 33.6. The van der Waals surface area contributed by atoms with Crippen LogP contribution in [0, 0.1) is 12.8 Å². The van der Waals surface area contributed by atoms with Gasteiger partial charge in [0, 0.05) is 18.3 Å². The van der Waals surface area contributed by atoms with E-state index in [9.17, 15) is 4.39 Å². The van der Waals surface area contributed by atoms with Crippen LogP contribution in [0.3, 0.4) is 0 Å². The number of ether oxygens (including phenoxy) is 2. The first-order valence-electron chi connectivity index (χ1n) is 17.9. The minimum absolute atomic E-state index is 0.269. The van der Waals surface area contributed by atoms with E-state index in [2.05, 4.69) is 43.0 Å². The molecule has 0 saturated heterocycles. The lowest BCUT2D eigenvalue weighted by molar-refractivity contribution is 0.141. The number of halogens is 1. The molecule has 2 aromatic rings. The van der Waals surface area contributed by atoms with E-state index in [4.69, 9.17) is 9.47 Å². The third kappa shape index (κ3) is 40.1. The summed E-state index contributed by atoms with van der Waals surface area (Å²) in [5, 5.41) is 0. The Hall–Kier alpha value is -3.99. The summed E-state index contributed by atoms with van der Waals surface area (Å²) in [7, 11) is 0. The monoisotopic (exact) mass is 681 g/mol. The summed E-state index contributed by atoms with van der Waals surface area (Å²) in [6.45, 7) is 42.3. The SMILES string of the molecule is C=C/C(F)=C\C.C=CC(=C)C.C=N/C(=C\C(=C)C)OCC1CCCCC1.CC.CC.CC.CC.Cc1ccnc(OCc2ccccc2)c1.